The molecule has 2 aromatic rings. The summed E-state index contributed by atoms with van der Waals surface area (Å²) < 4.78 is 6.06. The van der Waals surface area contributed by atoms with Gasteiger partial charge in [-0.3, -0.25) is 4.79 Å². The fraction of sp³-hybridized carbons (Fsp3) is 0.381. The van der Waals surface area contributed by atoms with E-state index in [1.165, 1.54) is 5.56 Å². The quantitative estimate of drug-likeness (QED) is 0.832. The van der Waals surface area contributed by atoms with E-state index in [0.29, 0.717) is 6.42 Å². The monoisotopic (exact) mass is 323 g/mol. The highest BCUT2D eigenvalue weighted by molar-refractivity contribution is 5.97. The van der Waals surface area contributed by atoms with E-state index in [-0.39, 0.29) is 5.91 Å². The fourth-order valence-electron chi connectivity index (χ4n) is 3.41. The highest BCUT2D eigenvalue weighted by Gasteiger charge is 2.29. The maximum Gasteiger partial charge on any atom is 0.268 e. The average molecular weight is 323 g/mol. The Morgan fingerprint density at radius 1 is 1.17 bits per heavy atom. The molecule has 126 valence electrons. The van der Waals surface area contributed by atoms with Crippen LogP contribution in [0.25, 0.3) is 0 Å². The van der Waals surface area contributed by atoms with Crippen LogP contribution in [0.2, 0.25) is 0 Å². The van der Waals surface area contributed by atoms with E-state index < -0.39 is 6.10 Å². The summed E-state index contributed by atoms with van der Waals surface area (Å²) in [5.41, 5.74) is 4.58. The van der Waals surface area contributed by atoms with Crippen molar-refractivity contribution in [2.24, 2.45) is 0 Å². The molecule has 0 aliphatic carbocycles. The lowest BCUT2D eigenvalue weighted by atomic mass is 10.0. The van der Waals surface area contributed by atoms with Gasteiger partial charge in [0.15, 0.2) is 6.10 Å². The molecule has 0 aromatic heterocycles. The van der Waals surface area contributed by atoms with Crippen LogP contribution in [0.15, 0.2) is 42.5 Å². The number of aryl methyl sites for hydroxylation is 3. The van der Waals surface area contributed by atoms with E-state index in [1.807, 2.05) is 56.0 Å². The zero-order valence-corrected chi connectivity index (χ0v) is 14.7. The molecule has 0 unspecified atom stereocenters. The first-order chi connectivity index (χ1) is 11.6. The number of hydrogen-bond donors (Lipinski definition) is 0. The van der Waals surface area contributed by atoms with Gasteiger partial charge < -0.3 is 9.64 Å². The molecule has 1 heterocycles. The van der Waals surface area contributed by atoms with Crippen molar-refractivity contribution in [3.63, 3.8) is 0 Å². The minimum Gasteiger partial charge on any atom is -0.481 e. The first-order valence-electron chi connectivity index (χ1n) is 8.72. The summed E-state index contributed by atoms with van der Waals surface area (Å²) in [6, 6.07) is 14.3. The number of fused-ring (bicyclic) bond motifs is 1. The molecule has 3 rings (SSSR count). The van der Waals surface area contributed by atoms with E-state index in [0.717, 1.165) is 42.0 Å². The number of benzene rings is 2. The second-order valence-corrected chi connectivity index (χ2v) is 6.56. The number of para-hydroxylation sites is 1. The number of nitrogens with zero attached hydrogens (tertiary/aromatic N) is 1. The summed E-state index contributed by atoms with van der Waals surface area (Å²) in [5.74, 6) is 0.835. The van der Waals surface area contributed by atoms with Gasteiger partial charge in [-0.1, -0.05) is 31.2 Å². The number of ether oxygens (including phenoxy) is 1. The van der Waals surface area contributed by atoms with Gasteiger partial charge in [-0.05, 0) is 68.0 Å². The van der Waals surface area contributed by atoms with E-state index in [1.54, 1.807) is 0 Å². The van der Waals surface area contributed by atoms with Gasteiger partial charge >= 0.3 is 0 Å². The molecule has 1 aliphatic rings. The smallest absolute Gasteiger partial charge is 0.268 e. The normalized spacial score (nSPS) is 14.9. The number of amides is 1. The molecule has 3 heteroatoms. The van der Waals surface area contributed by atoms with Crippen LogP contribution in [0, 0.1) is 13.8 Å². The molecule has 1 atom stereocenters. The van der Waals surface area contributed by atoms with Crippen molar-refractivity contribution < 1.29 is 9.53 Å². The van der Waals surface area contributed by atoms with Crippen LogP contribution in [-0.2, 0) is 11.2 Å². The molecule has 0 saturated heterocycles. The number of carbonyl (C=O) groups is 1. The lowest BCUT2D eigenvalue weighted by Gasteiger charge is -2.32. The molecular formula is C21H25NO2. The molecule has 0 spiro atoms. The minimum atomic E-state index is -0.447. The van der Waals surface area contributed by atoms with Crippen LogP contribution in [-0.4, -0.2) is 18.6 Å². The van der Waals surface area contributed by atoms with Crippen LogP contribution in [0.5, 0.6) is 5.75 Å². The first-order valence-corrected chi connectivity index (χ1v) is 8.72. The molecule has 0 bridgehead atoms. The van der Waals surface area contributed by atoms with Crippen molar-refractivity contribution in [2.45, 2.75) is 46.1 Å². The number of anilines is 1. The van der Waals surface area contributed by atoms with Crippen molar-refractivity contribution in [1.29, 1.82) is 0 Å². The van der Waals surface area contributed by atoms with E-state index in [4.69, 9.17) is 4.74 Å². The molecular weight excluding hydrogens is 298 g/mol. The number of hydrogen-bond acceptors (Lipinski definition) is 2. The number of carbonyl (C=O) groups excluding carboxylic acids is 1. The van der Waals surface area contributed by atoms with Crippen LogP contribution >= 0.6 is 0 Å². The topological polar surface area (TPSA) is 29.5 Å². The molecule has 24 heavy (non-hydrogen) atoms. The summed E-state index contributed by atoms with van der Waals surface area (Å²) in [4.78, 5) is 15.0. The van der Waals surface area contributed by atoms with Crippen molar-refractivity contribution >= 4 is 11.6 Å². The molecule has 0 fully saturated rings. The molecule has 1 amide bonds. The van der Waals surface area contributed by atoms with Gasteiger partial charge in [0.1, 0.15) is 5.75 Å². The molecule has 0 radical (unpaired) electrons. The SMILES string of the molecule is CC[C@@H](Oc1cc(C)cc(C)c1)C(=O)N1CCCc2ccccc21. The Bertz CT molecular complexity index is 718. The van der Waals surface area contributed by atoms with Gasteiger partial charge in [-0.2, -0.15) is 0 Å². The van der Waals surface area contributed by atoms with Gasteiger partial charge in [0.25, 0.3) is 5.91 Å². The van der Waals surface area contributed by atoms with Crippen molar-refractivity contribution in [3.8, 4) is 5.75 Å². The second-order valence-electron chi connectivity index (χ2n) is 6.56. The fourth-order valence-corrected chi connectivity index (χ4v) is 3.41. The van der Waals surface area contributed by atoms with Crippen molar-refractivity contribution in [2.75, 3.05) is 11.4 Å². The summed E-state index contributed by atoms with van der Waals surface area (Å²) in [7, 11) is 0. The molecule has 1 aliphatic heterocycles. The van der Waals surface area contributed by atoms with Crippen molar-refractivity contribution in [1.82, 2.24) is 0 Å². The van der Waals surface area contributed by atoms with Crippen molar-refractivity contribution in [3.05, 3.63) is 59.2 Å². The summed E-state index contributed by atoms with van der Waals surface area (Å²) in [6.45, 7) is 6.86. The Kier molecular flexibility index (Phi) is 4.89. The van der Waals surface area contributed by atoms with E-state index in [9.17, 15) is 4.79 Å². The third-order valence-corrected chi connectivity index (χ3v) is 4.50. The lowest BCUT2D eigenvalue weighted by Crippen LogP contribution is -2.44. The van der Waals surface area contributed by atoms with Crippen LogP contribution in [0.3, 0.4) is 0 Å². The third-order valence-electron chi connectivity index (χ3n) is 4.50. The summed E-state index contributed by atoms with van der Waals surface area (Å²) in [6.07, 6.45) is 2.25. The van der Waals surface area contributed by atoms with Crippen LogP contribution in [0.1, 0.15) is 36.5 Å². The average Bonchev–Trinajstić information content (AvgIpc) is 2.57. The predicted octanol–water partition coefficient (Wildman–Crippen LogP) is 4.44. The largest absolute Gasteiger partial charge is 0.481 e. The standard InChI is InChI=1S/C21H25NO2/c1-4-20(24-18-13-15(2)12-16(3)14-18)21(23)22-11-7-9-17-8-5-6-10-19(17)22/h5-6,8,10,12-14,20H,4,7,9,11H2,1-3H3/t20-/m1/s1. The van der Waals surface area contributed by atoms with Gasteiger partial charge in [0.2, 0.25) is 0 Å². The Morgan fingerprint density at radius 3 is 2.58 bits per heavy atom. The van der Waals surface area contributed by atoms with E-state index in [2.05, 4.69) is 12.1 Å². The van der Waals surface area contributed by atoms with Gasteiger partial charge in [0.05, 0.1) is 0 Å². The second kappa shape index (κ2) is 7.08. The zero-order chi connectivity index (χ0) is 17.1. The Balaban J connectivity index is 1.82. The predicted molar refractivity (Wildman–Crippen MR) is 97.7 cm³/mol. The molecule has 3 nitrogen and oxygen atoms in total. The van der Waals surface area contributed by atoms with Crippen LogP contribution < -0.4 is 9.64 Å². The summed E-state index contributed by atoms with van der Waals surface area (Å²) >= 11 is 0. The maximum absolute atomic E-state index is 13.1. The van der Waals surface area contributed by atoms with Gasteiger partial charge in [-0.25, -0.2) is 0 Å². The van der Waals surface area contributed by atoms with Gasteiger partial charge in [-0.15, -0.1) is 0 Å². The first kappa shape index (κ1) is 16.6. The highest BCUT2D eigenvalue weighted by atomic mass is 16.5. The third kappa shape index (κ3) is 3.45. The maximum atomic E-state index is 13.1. The van der Waals surface area contributed by atoms with Crippen LogP contribution in [0.4, 0.5) is 5.69 Å². The Hall–Kier alpha value is -2.29. The van der Waals surface area contributed by atoms with Gasteiger partial charge in [0, 0.05) is 12.2 Å². The molecule has 2 aromatic carbocycles. The zero-order valence-electron chi connectivity index (χ0n) is 14.7. The molecule has 0 N–H and O–H groups in total. The molecule has 0 saturated carbocycles. The number of rotatable bonds is 4. The lowest BCUT2D eigenvalue weighted by molar-refractivity contribution is -0.125. The van der Waals surface area contributed by atoms with E-state index >= 15 is 0 Å². The highest BCUT2D eigenvalue weighted by Crippen LogP contribution is 2.28. The summed E-state index contributed by atoms with van der Waals surface area (Å²) in [5, 5.41) is 0. The Labute approximate surface area is 144 Å². The minimum absolute atomic E-state index is 0.0591. The Morgan fingerprint density at radius 2 is 1.88 bits per heavy atom.